The zero-order valence-electron chi connectivity index (χ0n) is 17.9. The zero-order valence-corrected chi connectivity index (χ0v) is 18.7. The zero-order chi connectivity index (χ0) is 22.4. The first-order valence-electron chi connectivity index (χ1n) is 10.1. The van der Waals surface area contributed by atoms with E-state index in [0.29, 0.717) is 0 Å². The van der Waals surface area contributed by atoms with Gasteiger partial charge in [-0.25, -0.2) is 8.42 Å². The molecule has 1 aromatic carbocycles. The average Bonchev–Trinajstić information content (AvgIpc) is 2.79. The summed E-state index contributed by atoms with van der Waals surface area (Å²) in [6.07, 6.45) is -0.0990. The summed E-state index contributed by atoms with van der Waals surface area (Å²) < 4.78 is 24.1. The number of carbonyl (C=O) groups is 3. The van der Waals surface area contributed by atoms with Gasteiger partial charge in [-0.2, -0.15) is 0 Å². The number of nitrogens with zero attached hydrogens (tertiary/aromatic N) is 1. The Hall–Kier alpha value is -2.42. The summed E-state index contributed by atoms with van der Waals surface area (Å²) >= 11 is 0. The second-order valence-corrected chi connectivity index (χ2v) is 11.6. The predicted octanol–water partition coefficient (Wildman–Crippen LogP) is 1.14. The van der Waals surface area contributed by atoms with Gasteiger partial charge in [-0.05, 0) is 32.3 Å². The molecule has 0 spiro atoms. The summed E-state index contributed by atoms with van der Waals surface area (Å²) in [6.45, 7) is 8.36. The minimum Gasteiger partial charge on any atom is -0.348 e. The topological polar surface area (TPSA) is 113 Å². The van der Waals surface area contributed by atoms with Crippen molar-refractivity contribution in [2.75, 3.05) is 0 Å². The molecule has 30 heavy (non-hydrogen) atoms. The van der Waals surface area contributed by atoms with Crippen molar-refractivity contribution in [3.05, 3.63) is 35.9 Å². The summed E-state index contributed by atoms with van der Waals surface area (Å²) in [5.41, 5.74) is 0.928. The maximum atomic E-state index is 13.1. The van der Waals surface area contributed by atoms with Crippen LogP contribution in [-0.4, -0.2) is 53.2 Å². The lowest BCUT2D eigenvalue weighted by Gasteiger charge is -2.37. The van der Waals surface area contributed by atoms with E-state index in [9.17, 15) is 22.8 Å². The largest absolute Gasteiger partial charge is 0.348 e. The molecule has 4 atom stereocenters. The molecule has 9 heteroatoms. The van der Waals surface area contributed by atoms with Crippen LogP contribution in [0.4, 0.5) is 0 Å². The van der Waals surface area contributed by atoms with Gasteiger partial charge in [0.25, 0.3) is 0 Å². The van der Waals surface area contributed by atoms with Gasteiger partial charge in [0.15, 0.2) is 9.84 Å². The Balaban J connectivity index is 1.77. The number of β-lactam (4-membered cyclic amide) rings is 1. The third-order valence-electron chi connectivity index (χ3n) is 6.13. The highest BCUT2D eigenvalue weighted by atomic mass is 32.2. The lowest BCUT2D eigenvalue weighted by Crippen LogP contribution is -2.62. The van der Waals surface area contributed by atoms with E-state index < -0.39 is 37.9 Å². The van der Waals surface area contributed by atoms with Crippen molar-refractivity contribution in [3.8, 4) is 0 Å². The molecule has 2 heterocycles. The number of nitrogens with one attached hydrogen (secondary N) is 2. The highest BCUT2D eigenvalue weighted by molar-refractivity contribution is 7.93. The Morgan fingerprint density at radius 1 is 1.10 bits per heavy atom. The van der Waals surface area contributed by atoms with Crippen molar-refractivity contribution in [1.29, 1.82) is 0 Å². The molecule has 0 saturated carbocycles. The third-order valence-corrected chi connectivity index (χ3v) is 8.93. The molecule has 2 aliphatic heterocycles. The van der Waals surface area contributed by atoms with E-state index in [1.807, 2.05) is 37.3 Å². The van der Waals surface area contributed by atoms with E-state index in [4.69, 9.17) is 0 Å². The molecule has 1 aromatic rings. The number of hydrogen-bond acceptors (Lipinski definition) is 5. The molecule has 2 saturated heterocycles. The van der Waals surface area contributed by atoms with Gasteiger partial charge in [-0.1, -0.05) is 44.2 Å². The first-order valence-corrected chi connectivity index (χ1v) is 11.6. The van der Waals surface area contributed by atoms with Crippen molar-refractivity contribution in [3.63, 3.8) is 0 Å². The highest BCUT2D eigenvalue weighted by Crippen LogP contribution is 2.45. The van der Waals surface area contributed by atoms with Crippen molar-refractivity contribution >= 4 is 27.6 Å². The molecule has 0 aliphatic carbocycles. The monoisotopic (exact) mass is 435 g/mol. The van der Waals surface area contributed by atoms with E-state index >= 15 is 0 Å². The fourth-order valence-corrected chi connectivity index (χ4v) is 6.28. The quantitative estimate of drug-likeness (QED) is 0.651. The number of amides is 3. The standard InChI is InChI=1S/C21H29N3O5S/c1-12(2)17(19(26)22-13(3)14-9-7-6-8-10-14)23-20(27)18-21(4,5)30(28,29)16-11-15(25)24(16)18/h6-10,12-13,16-18H,11H2,1-5H3,(H,22,26)(H,23,27). The smallest absolute Gasteiger partial charge is 0.245 e. The molecule has 3 rings (SSSR count). The number of rotatable bonds is 6. The Kier molecular flexibility index (Phi) is 5.70. The molecule has 3 amide bonds. The van der Waals surface area contributed by atoms with Gasteiger partial charge in [-0.3, -0.25) is 14.4 Å². The molecule has 2 fully saturated rings. The molecule has 0 radical (unpaired) electrons. The Bertz CT molecular complexity index is 958. The normalized spacial score (nSPS) is 25.8. The molecule has 8 nitrogen and oxygen atoms in total. The van der Waals surface area contributed by atoms with Crippen LogP contribution in [0.1, 0.15) is 52.6 Å². The molecular weight excluding hydrogens is 406 g/mol. The van der Waals surface area contributed by atoms with Crippen LogP contribution in [0.5, 0.6) is 0 Å². The summed E-state index contributed by atoms with van der Waals surface area (Å²) in [7, 11) is -3.68. The lowest BCUT2D eigenvalue weighted by atomic mass is 9.95. The van der Waals surface area contributed by atoms with Crippen molar-refractivity contribution in [2.24, 2.45) is 5.92 Å². The summed E-state index contributed by atoms with van der Waals surface area (Å²) in [4.78, 5) is 39.2. The van der Waals surface area contributed by atoms with Gasteiger partial charge < -0.3 is 15.5 Å². The third kappa shape index (κ3) is 3.49. The van der Waals surface area contributed by atoms with Crippen LogP contribution in [-0.2, 0) is 24.2 Å². The van der Waals surface area contributed by atoms with Crippen molar-refractivity contribution < 1.29 is 22.8 Å². The SMILES string of the molecule is CC(NC(=O)C(NC(=O)C1N2C(=O)CC2S(=O)(=O)C1(C)C)C(C)C)c1ccccc1. The number of fused-ring (bicyclic) bond motifs is 1. The van der Waals surface area contributed by atoms with Crippen LogP contribution in [0.15, 0.2) is 30.3 Å². The summed E-state index contributed by atoms with van der Waals surface area (Å²) in [5, 5.41) is 4.65. The summed E-state index contributed by atoms with van der Waals surface area (Å²) in [6, 6.07) is 7.15. The van der Waals surface area contributed by atoms with Gasteiger partial charge >= 0.3 is 0 Å². The lowest BCUT2D eigenvalue weighted by molar-refractivity contribution is -0.150. The molecule has 2 aliphatic rings. The van der Waals surface area contributed by atoms with Crippen LogP contribution in [0.3, 0.4) is 0 Å². The van der Waals surface area contributed by atoms with E-state index in [2.05, 4.69) is 10.6 Å². The Morgan fingerprint density at radius 2 is 1.70 bits per heavy atom. The number of hydrogen-bond donors (Lipinski definition) is 2. The Labute approximate surface area is 177 Å². The van der Waals surface area contributed by atoms with Gasteiger partial charge in [0, 0.05) is 0 Å². The van der Waals surface area contributed by atoms with Crippen LogP contribution in [0.25, 0.3) is 0 Å². The minimum absolute atomic E-state index is 0.0990. The average molecular weight is 436 g/mol. The molecule has 0 bridgehead atoms. The van der Waals surface area contributed by atoms with Crippen LogP contribution in [0, 0.1) is 5.92 Å². The Morgan fingerprint density at radius 3 is 2.23 bits per heavy atom. The highest BCUT2D eigenvalue weighted by Gasteiger charge is 2.67. The number of benzene rings is 1. The molecule has 2 N–H and O–H groups in total. The second-order valence-electron chi connectivity index (χ2n) is 8.88. The fraction of sp³-hybridized carbons (Fsp3) is 0.571. The molecule has 164 valence electrons. The summed E-state index contributed by atoms with van der Waals surface area (Å²) in [5.74, 6) is -1.58. The van der Waals surface area contributed by atoms with E-state index in [1.165, 1.54) is 13.8 Å². The maximum Gasteiger partial charge on any atom is 0.245 e. The fourth-order valence-electron chi connectivity index (χ4n) is 4.15. The predicted molar refractivity (Wildman–Crippen MR) is 112 cm³/mol. The first-order chi connectivity index (χ1) is 13.9. The van der Waals surface area contributed by atoms with E-state index in [1.54, 1.807) is 13.8 Å². The van der Waals surface area contributed by atoms with Gasteiger partial charge in [0.05, 0.1) is 17.2 Å². The van der Waals surface area contributed by atoms with E-state index in [0.717, 1.165) is 10.5 Å². The number of sulfone groups is 1. The maximum absolute atomic E-state index is 13.1. The van der Waals surface area contributed by atoms with Crippen LogP contribution < -0.4 is 10.6 Å². The van der Waals surface area contributed by atoms with Gasteiger partial charge in [0.1, 0.15) is 17.5 Å². The number of carbonyl (C=O) groups excluding carboxylic acids is 3. The molecular formula is C21H29N3O5S. The molecule has 4 unspecified atom stereocenters. The van der Waals surface area contributed by atoms with Crippen LogP contribution in [0.2, 0.25) is 0 Å². The second kappa shape index (κ2) is 7.68. The first kappa shape index (κ1) is 22.3. The van der Waals surface area contributed by atoms with Gasteiger partial charge in [-0.15, -0.1) is 0 Å². The van der Waals surface area contributed by atoms with Crippen molar-refractivity contribution in [1.82, 2.24) is 15.5 Å². The van der Waals surface area contributed by atoms with Crippen LogP contribution >= 0.6 is 0 Å². The van der Waals surface area contributed by atoms with Crippen molar-refractivity contribution in [2.45, 2.75) is 69.3 Å². The minimum atomic E-state index is -3.68. The van der Waals surface area contributed by atoms with E-state index in [-0.39, 0.29) is 30.2 Å². The van der Waals surface area contributed by atoms with Gasteiger partial charge in [0.2, 0.25) is 17.7 Å². The molecule has 0 aromatic heterocycles.